The van der Waals surface area contributed by atoms with Gasteiger partial charge >= 0.3 is 0 Å². The fourth-order valence-corrected chi connectivity index (χ4v) is 3.50. The molecule has 1 N–H and O–H groups in total. The monoisotopic (exact) mass is 354 g/mol. The van der Waals surface area contributed by atoms with Crippen LogP contribution in [0.1, 0.15) is 30.9 Å². The van der Waals surface area contributed by atoms with E-state index in [0.29, 0.717) is 10.9 Å². The smallest absolute Gasteiger partial charge is 0.129 e. The minimum Gasteiger partial charge on any atom is -0.314 e. The maximum atomic E-state index is 14.2. The lowest BCUT2D eigenvalue weighted by Gasteiger charge is -2.43. The molecule has 1 aliphatic heterocycles. The summed E-state index contributed by atoms with van der Waals surface area (Å²) in [6, 6.07) is 5.20. The van der Waals surface area contributed by atoms with Crippen LogP contribution in [-0.4, -0.2) is 31.1 Å². The van der Waals surface area contributed by atoms with Crippen molar-refractivity contribution < 1.29 is 4.39 Å². The molecule has 120 valence electrons. The molecule has 0 aromatic heterocycles. The van der Waals surface area contributed by atoms with Crippen molar-refractivity contribution in [1.82, 2.24) is 10.2 Å². The molecule has 1 atom stereocenters. The first-order valence-electron chi connectivity index (χ1n) is 7.16. The van der Waals surface area contributed by atoms with Gasteiger partial charge in [0.1, 0.15) is 5.82 Å². The van der Waals surface area contributed by atoms with E-state index in [1.807, 2.05) is 6.07 Å². The van der Waals surface area contributed by atoms with E-state index in [-0.39, 0.29) is 36.7 Å². The molecule has 6 heteroatoms. The average molecular weight is 356 g/mol. The topological polar surface area (TPSA) is 15.3 Å². The standard InChI is InChI=1S/C15H20ClFN2.2ClH/c16-12-5-2-6-13(17)14(12)15(11-3-1-4-11)19-9-7-18-8-10-19;;/h2,5-6,11,15,18H,1,3-4,7-10H2;2*1H/t15-;;/m0../s1. The number of benzene rings is 1. The van der Waals surface area contributed by atoms with Crippen LogP contribution in [0.3, 0.4) is 0 Å². The zero-order valence-electron chi connectivity index (χ0n) is 11.9. The second kappa shape index (κ2) is 8.54. The van der Waals surface area contributed by atoms with Crippen molar-refractivity contribution >= 4 is 36.4 Å². The molecule has 3 rings (SSSR count). The lowest BCUT2D eigenvalue weighted by Crippen LogP contribution is -2.48. The molecule has 2 fully saturated rings. The van der Waals surface area contributed by atoms with E-state index >= 15 is 0 Å². The van der Waals surface area contributed by atoms with Crippen LogP contribution in [0.2, 0.25) is 5.02 Å². The number of rotatable bonds is 3. The van der Waals surface area contributed by atoms with Crippen molar-refractivity contribution in [3.63, 3.8) is 0 Å². The van der Waals surface area contributed by atoms with Crippen LogP contribution < -0.4 is 5.32 Å². The van der Waals surface area contributed by atoms with Crippen LogP contribution in [0, 0.1) is 11.7 Å². The Morgan fingerprint density at radius 3 is 2.38 bits per heavy atom. The molecule has 2 aliphatic rings. The van der Waals surface area contributed by atoms with Gasteiger partial charge in [-0.05, 0) is 30.9 Å². The van der Waals surface area contributed by atoms with Gasteiger partial charge in [0, 0.05) is 42.8 Å². The first-order chi connectivity index (χ1) is 9.27. The molecular formula is C15H22Cl3FN2. The second-order valence-corrected chi connectivity index (χ2v) is 5.96. The number of nitrogens with zero attached hydrogens (tertiary/aromatic N) is 1. The van der Waals surface area contributed by atoms with Gasteiger partial charge in [-0.3, -0.25) is 4.90 Å². The third-order valence-corrected chi connectivity index (χ3v) is 4.77. The zero-order chi connectivity index (χ0) is 13.2. The lowest BCUT2D eigenvalue weighted by atomic mass is 9.76. The van der Waals surface area contributed by atoms with Crippen molar-refractivity contribution in [1.29, 1.82) is 0 Å². The van der Waals surface area contributed by atoms with Gasteiger partial charge in [0.15, 0.2) is 0 Å². The fourth-order valence-electron chi connectivity index (χ4n) is 3.23. The summed E-state index contributed by atoms with van der Waals surface area (Å²) in [5, 5.41) is 3.94. The Morgan fingerprint density at radius 1 is 1.19 bits per heavy atom. The van der Waals surface area contributed by atoms with Gasteiger partial charge in [-0.15, -0.1) is 24.8 Å². The lowest BCUT2D eigenvalue weighted by molar-refractivity contribution is 0.0812. The zero-order valence-corrected chi connectivity index (χ0v) is 14.2. The molecule has 0 spiro atoms. The van der Waals surface area contributed by atoms with Crippen molar-refractivity contribution in [2.75, 3.05) is 26.2 Å². The summed E-state index contributed by atoms with van der Waals surface area (Å²) in [5.41, 5.74) is 0.718. The summed E-state index contributed by atoms with van der Waals surface area (Å²) in [7, 11) is 0. The highest BCUT2D eigenvalue weighted by molar-refractivity contribution is 6.31. The van der Waals surface area contributed by atoms with Crippen LogP contribution >= 0.6 is 36.4 Å². The highest BCUT2D eigenvalue weighted by Crippen LogP contribution is 2.44. The third-order valence-electron chi connectivity index (χ3n) is 4.44. The predicted molar refractivity (Wildman–Crippen MR) is 90.4 cm³/mol. The van der Waals surface area contributed by atoms with Crippen molar-refractivity contribution in [2.24, 2.45) is 5.92 Å². The van der Waals surface area contributed by atoms with E-state index in [0.717, 1.165) is 31.7 Å². The van der Waals surface area contributed by atoms with Gasteiger partial charge in [-0.1, -0.05) is 24.1 Å². The quantitative estimate of drug-likeness (QED) is 0.879. The van der Waals surface area contributed by atoms with Gasteiger partial charge in [-0.25, -0.2) is 4.39 Å². The minimum absolute atomic E-state index is 0. The molecule has 1 aliphatic carbocycles. The summed E-state index contributed by atoms with van der Waals surface area (Å²) >= 11 is 6.29. The predicted octanol–water partition coefficient (Wildman–Crippen LogP) is 4.07. The Labute approximate surface area is 143 Å². The first-order valence-corrected chi connectivity index (χ1v) is 7.54. The van der Waals surface area contributed by atoms with Crippen molar-refractivity contribution in [2.45, 2.75) is 25.3 Å². The normalized spacial score (nSPS) is 20.9. The fraction of sp³-hybridized carbons (Fsp3) is 0.600. The largest absolute Gasteiger partial charge is 0.314 e. The Bertz CT molecular complexity index is 428. The van der Waals surface area contributed by atoms with E-state index in [2.05, 4.69) is 10.2 Å². The Morgan fingerprint density at radius 2 is 1.86 bits per heavy atom. The molecule has 1 aromatic rings. The Hall–Kier alpha value is -0.0600. The average Bonchev–Trinajstić information content (AvgIpc) is 2.36. The van der Waals surface area contributed by atoms with Crippen molar-refractivity contribution in [3.8, 4) is 0 Å². The minimum atomic E-state index is -0.150. The third kappa shape index (κ3) is 4.02. The van der Waals surface area contributed by atoms with E-state index in [1.165, 1.54) is 25.3 Å². The molecule has 0 amide bonds. The highest BCUT2D eigenvalue weighted by atomic mass is 35.5. The number of hydrogen-bond acceptors (Lipinski definition) is 2. The number of halogens is 4. The van der Waals surface area contributed by atoms with Crippen LogP contribution in [0.15, 0.2) is 18.2 Å². The molecule has 2 nitrogen and oxygen atoms in total. The molecule has 1 saturated heterocycles. The van der Waals surface area contributed by atoms with Gasteiger partial charge in [0.2, 0.25) is 0 Å². The van der Waals surface area contributed by atoms with Gasteiger partial charge in [0.25, 0.3) is 0 Å². The highest BCUT2D eigenvalue weighted by Gasteiger charge is 2.36. The van der Waals surface area contributed by atoms with Crippen LogP contribution in [0.25, 0.3) is 0 Å². The summed E-state index contributed by atoms with van der Waals surface area (Å²) in [5.74, 6) is 0.412. The van der Waals surface area contributed by atoms with E-state index in [4.69, 9.17) is 11.6 Å². The molecule has 0 bridgehead atoms. The van der Waals surface area contributed by atoms with Crippen LogP contribution in [-0.2, 0) is 0 Å². The summed E-state index contributed by atoms with van der Waals surface area (Å²) in [6.45, 7) is 3.92. The molecule has 1 aromatic carbocycles. The molecule has 1 heterocycles. The summed E-state index contributed by atoms with van der Waals surface area (Å²) in [6.07, 6.45) is 3.65. The second-order valence-electron chi connectivity index (χ2n) is 5.56. The van der Waals surface area contributed by atoms with Crippen LogP contribution in [0.4, 0.5) is 4.39 Å². The Balaban J connectivity index is 0.00000110. The van der Waals surface area contributed by atoms with E-state index in [1.54, 1.807) is 6.07 Å². The number of nitrogens with one attached hydrogen (secondary N) is 1. The van der Waals surface area contributed by atoms with E-state index < -0.39 is 0 Å². The van der Waals surface area contributed by atoms with Gasteiger partial charge in [-0.2, -0.15) is 0 Å². The first kappa shape index (κ1) is 19.0. The van der Waals surface area contributed by atoms with Crippen LogP contribution in [0.5, 0.6) is 0 Å². The molecule has 21 heavy (non-hydrogen) atoms. The number of piperazine rings is 1. The molecule has 0 unspecified atom stereocenters. The summed E-state index contributed by atoms with van der Waals surface area (Å²) < 4.78 is 14.2. The maximum absolute atomic E-state index is 14.2. The SMILES string of the molecule is Cl.Cl.Fc1cccc(Cl)c1[C@H](C1CCC1)N1CCNCC1. The van der Waals surface area contributed by atoms with Gasteiger partial charge < -0.3 is 5.32 Å². The van der Waals surface area contributed by atoms with Crippen molar-refractivity contribution in [3.05, 3.63) is 34.6 Å². The molecule has 0 radical (unpaired) electrons. The van der Waals surface area contributed by atoms with E-state index in [9.17, 15) is 4.39 Å². The number of hydrogen-bond donors (Lipinski definition) is 1. The maximum Gasteiger partial charge on any atom is 0.129 e. The molecule has 1 saturated carbocycles. The Kier molecular flexibility index (Phi) is 7.72. The molecular weight excluding hydrogens is 334 g/mol. The summed E-state index contributed by atoms with van der Waals surface area (Å²) in [4.78, 5) is 2.41. The van der Waals surface area contributed by atoms with Gasteiger partial charge in [0.05, 0.1) is 0 Å².